The predicted octanol–water partition coefficient (Wildman–Crippen LogP) is 2.78. The SMILES string of the molecule is C=CCC(C#N)=C1SCCS1. The molecular weight excluding hydrogens is 174 g/mol. The summed E-state index contributed by atoms with van der Waals surface area (Å²) < 4.78 is 1.20. The topological polar surface area (TPSA) is 23.8 Å². The fraction of sp³-hybridized carbons (Fsp3) is 0.375. The minimum Gasteiger partial charge on any atom is -0.193 e. The van der Waals surface area contributed by atoms with Gasteiger partial charge in [-0.2, -0.15) is 5.26 Å². The van der Waals surface area contributed by atoms with Gasteiger partial charge in [0.05, 0.1) is 15.9 Å². The van der Waals surface area contributed by atoms with Gasteiger partial charge in [0.2, 0.25) is 0 Å². The van der Waals surface area contributed by atoms with Crippen molar-refractivity contribution >= 4 is 23.5 Å². The van der Waals surface area contributed by atoms with Crippen molar-refractivity contribution in [2.24, 2.45) is 0 Å². The molecule has 0 saturated carbocycles. The third-order valence-corrected chi connectivity index (χ3v) is 4.08. The van der Waals surface area contributed by atoms with E-state index in [2.05, 4.69) is 12.6 Å². The van der Waals surface area contributed by atoms with Crippen molar-refractivity contribution in [1.82, 2.24) is 0 Å². The Hall–Kier alpha value is -0.330. The van der Waals surface area contributed by atoms with Crippen molar-refractivity contribution < 1.29 is 0 Å². The number of thioether (sulfide) groups is 2. The first-order valence-corrected chi connectivity index (χ1v) is 5.35. The zero-order valence-corrected chi connectivity index (χ0v) is 7.80. The molecule has 0 bridgehead atoms. The van der Waals surface area contributed by atoms with Crippen LogP contribution in [0, 0.1) is 11.3 Å². The van der Waals surface area contributed by atoms with Gasteiger partial charge in [0.25, 0.3) is 0 Å². The largest absolute Gasteiger partial charge is 0.193 e. The lowest BCUT2D eigenvalue weighted by molar-refractivity contribution is 1.29. The first-order chi connectivity index (χ1) is 5.38. The van der Waals surface area contributed by atoms with Gasteiger partial charge >= 0.3 is 0 Å². The maximum Gasteiger partial charge on any atom is 0.0967 e. The third kappa shape index (κ3) is 2.32. The zero-order chi connectivity index (χ0) is 8.10. The van der Waals surface area contributed by atoms with Crippen LogP contribution in [0.5, 0.6) is 0 Å². The first kappa shape index (κ1) is 8.76. The van der Waals surface area contributed by atoms with Gasteiger partial charge in [-0.15, -0.1) is 30.1 Å². The Labute approximate surface area is 75.5 Å². The van der Waals surface area contributed by atoms with Crippen LogP contribution in [0.2, 0.25) is 0 Å². The summed E-state index contributed by atoms with van der Waals surface area (Å²) in [6.45, 7) is 3.62. The van der Waals surface area contributed by atoms with Crippen molar-refractivity contribution in [1.29, 1.82) is 5.26 Å². The number of rotatable bonds is 2. The number of allylic oxidation sites excluding steroid dienone is 2. The molecule has 0 aromatic rings. The quantitative estimate of drug-likeness (QED) is 0.486. The molecular formula is C8H9NS2. The normalized spacial score (nSPS) is 16.1. The van der Waals surface area contributed by atoms with Crippen molar-refractivity contribution in [2.75, 3.05) is 11.5 Å². The lowest BCUT2D eigenvalue weighted by atomic mass is 10.2. The van der Waals surface area contributed by atoms with Crippen LogP contribution in [0.3, 0.4) is 0 Å². The highest BCUT2D eigenvalue weighted by molar-refractivity contribution is 8.25. The Morgan fingerprint density at radius 2 is 2.27 bits per heavy atom. The fourth-order valence-corrected chi connectivity index (χ4v) is 3.28. The molecule has 1 saturated heterocycles. The summed E-state index contributed by atoms with van der Waals surface area (Å²) in [5.74, 6) is 2.28. The van der Waals surface area contributed by atoms with E-state index < -0.39 is 0 Å². The van der Waals surface area contributed by atoms with Gasteiger partial charge < -0.3 is 0 Å². The minimum absolute atomic E-state index is 0.714. The molecule has 58 valence electrons. The summed E-state index contributed by atoms with van der Waals surface area (Å²) in [6, 6.07) is 2.21. The second-order valence-electron chi connectivity index (χ2n) is 2.07. The number of hydrogen-bond acceptors (Lipinski definition) is 3. The van der Waals surface area contributed by atoms with E-state index in [1.165, 1.54) is 4.24 Å². The molecule has 11 heavy (non-hydrogen) atoms. The molecule has 1 nitrogen and oxygen atoms in total. The summed E-state index contributed by atoms with van der Waals surface area (Å²) in [6.07, 6.45) is 2.50. The Bertz CT molecular complexity index is 217. The molecule has 1 fully saturated rings. The van der Waals surface area contributed by atoms with E-state index in [9.17, 15) is 0 Å². The second-order valence-corrected chi connectivity index (χ2v) is 4.54. The summed E-state index contributed by atoms with van der Waals surface area (Å²) >= 11 is 3.57. The van der Waals surface area contributed by atoms with E-state index in [0.29, 0.717) is 6.42 Å². The molecule has 0 radical (unpaired) electrons. The lowest BCUT2D eigenvalue weighted by Gasteiger charge is -1.96. The molecule has 0 aliphatic carbocycles. The number of nitrogens with zero attached hydrogens (tertiary/aromatic N) is 1. The van der Waals surface area contributed by atoms with Crippen LogP contribution in [-0.4, -0.2) is 11.5 Å². The first-order valence-electron chi connectivity index (χ1n) is 3.38. The second kappa shape index (κ2) is 4.53. The molecule has 1 aliphatic heterocycles. The van der Waals surface area contributed by atoms with Crippen LogP contribution in [-0.2, 0) is 0 Å². The van der Waals surface area contributed by atoms with Crippen molar-refractivity contribution in [3.05, 3.63) is 22.5 Å². The Balaban J connectivity index is 2.71. The summed E-state index contributed by atoms with van der Waals surface area (Å²) in [4.78, 5) is 0. The van der Waals surface area contributed by atoms with Gasteiger partial charge in [0.15, 0.2) is 0 Å². The highest BCUT2D eigenvalue weighted by atomic mass is 32.2. The van der Waals surface area contributed by atoms with Crippen LogP contribution in [0.25, 0.3) is 0 Å². The monoisotopic (exact) mass is 183 g/mol. The third-order valence-electron chi connectivity index (χ3n) is 1.28. The Morgan fingerprint density at radius 1 is 1.64 bits per heavy atom. The van der Waals surface area contributed by atoms with E-state index in [4.69, 9.17) is 5.26 Å². The van der Waals surface area contributed by atoms with Crippen molar-refractivity contribution in [2.45, 2.75) is 6.42 Å². The maximum absolute atomic E-state index is 8.74. The average Bonchev–Trinajstić information content (AvgIpc) is 2.52. The predicted molar refractivity (Wildman–Crippen MR) is 52.4 cm³/mol. The molecule has 0 aromatic heterocycles. The van der Waals surface area contributed by atoms with Crippen LogP contribution in [0.1, 0.15) is 6.42 Å². The van der Waals surface area contributed by atoms with E-state index in [-0.39, 0.29) is 0 Å². The molecule has 0 aromatic carbocycles. The minimum atomic E-state index is 0.714. The molecule has 0 N–H and O–H groups in total. The van der Waals surface area contributed by atoms with E-state index in [1.54, 1.807) is 29.6 Å². The smallest absolute Gasteiger partial charge is 0.0967 e. The standard InChI is InChI=1S/C8H9NS2/c1-2-3-7(6-9)8-10-4-5-11-8/h2H,1,3-5H2. The molecule has 0 unspecified atom stereocenters. The zero-order valence-electron chi connectivity index (χ0n) is 6.17. The molecule has 1 aliphatic rings. The maximum atomic E-state index is 8.74. The van der Waals surface area contributed by atoms with E-state index >= 15 is 0 Å². The van der Waals surface area contributed by atoms with Gasteiger partial charge in [-0.05, 0) is 0 Å². The molecule has 3 heteroatoms. The molecule has 0 spiro atoms. The van der Waals surface area contributed by atoms with Crippen LogP contribution >= 0.6 is 23.5 Å². The summed E-state index contributed by atoms with van der Waals surface area (Å²) in [7, 11) is 0. The van der Waals surface area contributed by atoms with Crippen molar-refractivity contribution in [3.63, 3.8) is 0 Å². The van der Waals surface area contributed by atoms with E-state index in [0.717, 1.165) is 17.1 Å². The summed E-state index contributed by atoms with van der Waals surface area (Å²) in [5, 5.41) is 8.74. The number of hydrogen-bond donors (Lipinski definition) is 0. The van der Waals surface area contributed by atoms with Crippen LogP contribution < -0.4 is 0 Å². The van der Waals surface area contributed by atoms with Crippen LogP contribution in [0.15, 0.2) is 22.5 Å². The molecule has 1 rings (SSSR count). The van der Waals surface area contributed by atoms with Gasteiger partial charge in [-0.25, -0.2) is 0 Å². The molecule has 1 heterocycles. The fourth-order valence-electron chi connectivity index (χ4n) is 0.804. The summed E-state index contributed by atoms with van der Waals surface area (Å²) in [5.41, 5.74) is 0.882. The average molecular weight is 183 g/mol. The van der Waals surface area contributed by atoms with Crippen LogP contribution in [0.4, 0.5) is 0 Å². The lowest BCUT2D eigenvalue weighted by Crippen LogP contribution is -1.77. The Kier molecular flexibility index (Phi) is 3.61. The highest BCUT2D eigenvalue weighted by Crippen LogP contribution is 2.39. The molecule has 0 amide bonds. The Morgan fingerprint density at radius 3 is 2.73 bits per heavy atom. The van der Waals surface area contributed by atoms with E-state index in [1.807, 2.05) is 0 Å². The number of nitriles is 1. The highest BCUT2D eigenvalue weighted by Gasteiger charge is 2.12. The van der Waals surface area contributed by atoms with Gasteiger partial charge in [-0.3, -0.25) is 0 Å². The molecule has 0 atom stereocenters. The van der Waals surface area contributed by atoms with Gasteiger partial charge in [-0.1, -0.05) is 6.08 Å². The van der Waals surface area contributed by atoms with Gasteiger partial charge in [0, 0.05) is 17.9 Å². The van der Waals surface area contributed by atoms with Gasteiger partial charge in [0.1, 0.15) is 0 Å². The van der Waals surface area contributed by atoms with Crippen molar-refractivity contribution in [3.8, 4) is 6.07 Å².